The average molecular weight is 296 g/mol. The van der Waals surface area contributed by atoms with Gasteiger partial charge in [-0.1, -0.05) is 13.8 Å². The normalized spacial score (nSPS) is 10.7. The molecule has 116 valence electrons. The van der Waals surface area contributed by atoms with Gasteiger partial charge in [0.1, 0.15) is 5.82 Å². The Morgan fingerprint density at radius 3 is 2.29 bits per heavy atom. The average Bonchev–Trinajstić information content (AvgIpc) is 2.34. The Hall–Kier alpha value is -2.15. The predicted molar refractivity (Wildman–Crippen MR) is 79.0 cm³/mol. The number of nitrogens with one attached hydrogen (secondary N) is 1. The first-order chi connectivity index (χ1) is 9.79. The van der Waals surface area contributed by atoms with Crippen LogP contribution in [0.2, 0.25) is 0 Å². The zero-order valence-electron chi connectivity index (χ0n) is 12.2. The van der Waals surface area contributed by atoms with Crippen molar-refractivity contribution in [2.24, 2.45) is 11.5 Å². The van der Waals surface area contributed by atoms with Gasteiger partial charge in [-0.3, -0.25) is 9.59 Å². The summed E-state index contributed by atoms with van der Waals surface area (Å²) in [6, 6.07) is 4.35. The Kier molecular flexibility index (Phi) is 6.10. The Morgan fingerprint density at radius 2 is 1.81 bits per heavy atom. The fourth-order valence-electron chi connectivity index (χ4n) is 1.92. The van der Waals surface area contributed by atoms with Crippen LogP contribution in [-0.4, -0.2) is 30.9 Å². The van der Waals surface area contributed by atoms with Gasteiger partial charge < -0.3 is 21.7 Å². The lowest BCUT2D eigenvalue weighted by atomic mass is 10.1. The number of benzene rings is 1. The van der Waals surface area contributed by atoms with Crippen LogP contribution < -0.4 is 21.7 Å². The molecule has 0 radical (unpaired) electrons. The van der Waals surface area contributed by atoms with Crippen LogP contribution in [0.15, 0.2) is 18.2 Å². The molecule has 0 fully saturated rings. The van der Waals surface area contributed by atoms with E-state index in [1.54, 1.807) is 0 Å². The molecule has 1 aromatic carbocycles. The SMILES string of the molecule is CC(C)NCc1cc(F)ccc1N(CC(N)=O)CC(N)=O. The molecule has 1 rings (SSSR count). The van der Waals surface area contributed by atoms with Gasteiger partial charge in [-0.15, -0.1) is 0 Å². The van der Waals surface area contributed by atoms with Crippen LogP contribution in [0, 0.1) is 5.82 Å². The van der Waals surface area contributed by atoms with E-state index >= 15 is 0 Å². The molecule has 0 atom stereocenters. The summed E-state index contributed by atoms with van der Waals surface area (Å²) in [5.41, 5.74) is 11.6. The fraction of sp³-hybridized carbons (Fsp3) is 0.429. The number of anilines is 1. The van der Waals surface area contributed by atoms with Crippen molar-refractivity contribution in [2.45, 2.75) is 26.4 Å². The number of halogens is 1. The van der Waals surface area contributed by atoms with Gasteiger partial charge in [0.25, 0.3) is 0 Å². The van der Waals surface area contributed by atoms with Gasteiger partial charge in [0.2, 0.25) is 11.8 Å². The van der Waals surface area contributed by atoms with Crippen molar-refractivity contribution in [3.8, 4) is 0 Å². The summed E-state index contributed by atoms with van der Waals surface area (Å²) in [6.45, 7) is 4.00. The van der Waals surface area contributed by atoms with Crippen molar-refractivity contribution in [1.82, 2.24) is 5.32 Å². The molecular formula is C14H21FN4O2. The molecule has 0 bridgehead atoms. The van der Waals surface area contributed by atoms with Crippen LogP contribution in [0.25, 0.3) is 0 Å². The van der Waals surface area contributed by atoms with Crippen molar-refractivity contribution in [2.75, 3.05) is 18.0 Å². The van der Waals surface area contributed by atoms with E-state index < -0.39 is 17.6 Å². The molecule has 7 heteroatoms. The third-order valence-corrected chi connectivity index (χ3v) is 2.78. The standard InChI is InChI=1S/C14H21FN4O2/c1-9(2)18-6-10-5-11(15)3-4-12(10)19(7-13(16)20)8-14(17)21/h3-5,9,18H,6-8H2,1-2H3,(H2,16,20)(H2,17,21). The summed E-state index contributed by atoms with van der Waals surface area (Å²) in [5, 5.41) is 3.17. The van der Waals surface area contributed by atoms with Gasteiger partial charge in [-0.05, 0) is 23.8 Å². The van der Waals surface area contributed by atoms with E-state index in [9.17, 15) is 14.0 Å². The summed E-state index contributed by atoms with van der Waals surface area (Å²) in [7, 11) is 0. The molecule has 21 heavy (non-hydrogen) atoms. The molecule has 1 aromatic rings. The first-order valence-corrected chi connectivity index (χ1v) is 6.63. The summed E-state index contributed by atoms with van der Waals surface area (Å²) < 4.78 is 13.4. The van der Waals surface area contributed by atoms with E-state index in [0.717, 1.165) is 0 Å². The minimum atomic E-state index is -0.594. The lowest BCUT2D eigenvalue weighted by Crippen LogP contribution is -2.40. The maximum atomic E-state index is 13.4. The monoisotopic (exact) mass is 296 g/mol. The lowest BCUT2D eigenvalue weighted by Gasteiger charge is -2.25. The van der Waals surface area contributed by atoms with Crippen LogP contribution in [0.1, 0.15) is 19.4 Å². The lowest BCUT2D eigenvalue weighted by molar-refractivity contribution is -0.117. The van der Waals surface area contributed by atoms with Crippen LogP contribution in [0.4, 0.5) is 10.1 Å². The van der Waals surface area contributed by atoms with E-state index in [1.165, 1.54) is 23.1 Å². The molecule has 0 aliphatic rings. The van der Waals surface area contributed by atoms with Gasteiger partial charge in [0.15, 0.2) is 0 Å². The molecule has 0 heterocycles. The number of rotatable bonds is 8. The Balaban J connectivity index is 3.09. The van der Waals surface area contributed by atoms with Gasteiger partial charge >= 0.3 is 0 Å². The number of hydrogen-bond donors (Lipinski definition) is 3. The van der Waals surface area contributed by atoms with Gasteiger partial charge in [0.05, 0.1) is 13.1 Å². The maximum absolute atomic E-state index is 13.4. The molecule has 0 saturated heterocycles. The predicted octanol–water partition coefficient (Wildman–Crippen LogP) is 0.101. The molecule has 0 unspecified atom stereocenters. The number of nitrogens with two attached hydrogens (primary N) is 2. The molecule has 0 spiro atoms. The molecule has 0 aliphatic heterocycles. The molecule has 0 aromatic heterocycles. The highest BCUT2D eigenvalue weighted by molar-refractivity contribution is 5.85. The Bertz CT molecular complexity index is 504. The van der Waals surface area contributed by atoms with Crippen molar-refractivity contribution < 1.29 is 14.0 Å². The van der Waals surface area contributed by atoms with Gasteiger partial charge in [-0.25, -0.2) is 4.39 Å². The number of primary amides is 2. The number of nitrogens with zero attached hydrogens (tertiary/aromatic N) is 1. The first kappa shape index (κ1) is 16.9. The summed E-state index contributed by atoms with van der Waals surface area (Å²) >= 11 is 0. The van der Waals surface area contributed by atoms with Crippen LogP contribution >= 0.6 is 0 Å². The second-order valence-electron chi connectivity index (χ2n) is 5.10. The second kappa shape index (κ2) is 7.58. The molecule has 6 nitrogen and oxygen atoms in total. The van der Waals surface area contributed by atoms with Crippen molar-refractivity contribution in [3.63, 3.8) is 0 Å². The second-order valence-corrected chi connectivity index (χ2v) is 5.10. The molecule has 0 aliphatic carbocycles. The smallest absolute Gasteiger partial charge is 0.236 e. The highest BCUT2D eigenvalue weighted by atomic mass is 19.1. The zero-order chi connectivity index (χ0) is 16.0. The Labute approximate surface area is 123 Å². The van der Waals surface area contributed by atoms with Crippen LogP contribution in [0.5, 0.6) is 0 Å². The van der Waals surface area contributed by atoms with Crippen molar-refractivity contribution >= 4 is 17.5 Å². The number of hydrogen-bond acceptors (Lipinski definition) is 4. The number of carbonyl (C=O) groups is 2. The topological polar surface area (TPSA) is 101 Å². The summed E-state index contributed by atoms with van der Waals surface area (Å²) in [5.74, 6) is -1.58. The van der Waals surface area contributed by atoms with Gasteiger partial charge in [-0.2, -0.15) is 0 Å². The van der Waals surface area contributed by atoms with E-state index in [0.29, 0.717) is 17.8 Å². The molecule has 5 N–H and O–H groups in total. The van der Waals surface area contributed by atoms with Crippen molar-refractivity contribution in [1.29, 1.82) is 0 Å². The number of carbonyl (C=O) groups excluding carboxylic acids is 2. The third-order valence-electron chi connectivity index (χ3n) is 2.78. The van der Waals surface area contributed by atoms with E-state index in [-0.39, 0.29) is 19.1 Å². The van der Waals surface area contributed by atoms with Crippen LogP contribution in [-0.2, 0) is 16.1 Å². The summed E-state index contributed by atoms with van der Waals surface area (Å²) in [6.07, 6.45) is 0. The quantitative estimate of drug-likeness (QED) is 0.633. The first-order valence-electron chi connectivity index (χ1n) is 6.63. The zero-order valence-corrected chi connectivity index (χ0v) is 12.2. The number of amides is 2. The molecule has 2 amide bonds. The molecular weight excluding hydrogens is 275 g/mol. The fourth-order valence-corrected chi connectivity index (χ4v) is 1.92. The van der Waals surface area contributed by atoms with E-state index in [2.05, 4.69) is 5.32 Å². The summed E-state index contributed by atoms with van der Waals surface area (Å²) in [4.78, 5) is 23.7. The van der Waals surface area contributed by atoms with Crippen LogP contribution in [0.3, 0.4) is 0 Å². The third kappa shape index (κ3) is 5.78. The van der Waals surface area contributed by atoms with Crippen molar-refractivity contribution in [3.05, 3.63) is 29.6 Å². The molecule has 0 saturated carbocycles. The maximum Gasteiger partial charge on any atom is 0.236 e. The van der Waals surface area contributed by atoms with Gasteiger partial charge in [0, 0.05) is 18.3 Å². The minimum Gasteiger partial charge on any atom is -0.368 e. The Morgan fingerprint density at radius 1 is 1.24 bits per heavy atom. The minimum absolute atomic E-state index is 0.163. The largest absolute Gasteiger partial charge is 0.368 e. The van der Waals surface area contributed by atoms with E-state index in [1.807, 2.05) is 13.8 Å². The highest BCUT2D eigenvalue weighted by Crippen LogP contribution is 2.21. The highest BCUT2D eigenvalue weighted by Gasteiger charge is 2.16. The van der Waals surface area contributed by atoms with E-state index in [4.69, 9.17) is 11.5 Å².